The lowest BCUT2D eigenvalue weighted by Crippen LogP contribution is -2.19. The first kappa shape index (κ1) is 12.5. The number of rotatable bonds is 5. The lowest BCUT2D eigenvalue weighted by Gasteiger charge is -2.04. The van der Waals surface area contributed by atoms with Crippen LogP contribution in [0.2, 0.25) is 0 Å². The quantitative estimate of drug-likeness (QED) is 0.690. The molecule has 0 bridgehead atoms. The fourth-order valence-corrected chi connectivity index (χ4v) is 2.04. The van der Waals surface area contributed by atoms with Crippen LogP contribution in [-0.4, -0.2) is 35.4 Å². The molecule has 1 rings (SSSR count). The highest BCUT2D eigenvalue weighted by atomic mass is 32.2. The highest BCUT2D eigenvalue weighted by Gasteiger charge is 2.16. The van der Waals surface area contributed by atoms with Crippen molar-refractivity contribution in [3.63, 3.8) is 0 Å². The normalized spacial score (nSPS) is 11.4. The van der Waals surface area contributed by atoms with Crippen molar-refractivity contribution < 1.29 is 18.3 Å². The Bertz CT molecular complexity index is 491. The second-order valence-electron chi connectivity index (χ2n) is 3.39. The Labute approximate surface area is 92.9 Å². The Kier molecular flexibility index (Phi) is 3.53. The van der Waals surface area contributed by atoms with Crippen molar-refractivity contribution in [1.29, 1.82) is 0 Å². The average molecular weight is 247 g/mol. The van der Waals surface area contributed by atoms with E-state index >= 15 is 0 Å². The molecule has 0 aliphatic heterocycles. The van der Waals surface area contributed by atoms with Gasteiger partial charge >= 0.3 is 5.97 Å². The number of aryl methyl sites for hydroxylation is 1. The number of aromatic nitrogens is 2. The van der Waals surface area contributed by atoms with E-state index in [1.54, 1.807) is 13.8 Å². The van der Waals surface area contributed by atoms with Crippen LogP contribution in [0.1, 0.15) is 17.7 Å². The van der Waals surface area contributed by atoms with Crippen molar-refractivity contribution >= 4 is 21.8 Å². The van der Waals surface area contributed by atoms with Gasteiger partial charge in [0.05, 0.1) is 12.2 Å². The van der Waals surface area contributed by atoms with Gasteiger partial charge in [0.2, 0.25) is 10.0 Å². The molecule has 0 spiro atoms. The van der Waals surface area contributed by atoms with Gasteiger partial charge in [-0.05, 0) is 13.8 Å². The minimum absolute atomic E-state index is 0.211. The smallest absolute Gasteiger partial charge is 0.304 e. The summed E-state index contributed by atoms with van der Waals surface area (Å²) in [5.41, 5.74) is 1.45. The summed E-state index contributed by atoms with van der Waals surface area (Å²) in [6.45, 7) is 3.48. The molecule has 16 heavy (non-hydrogen) atoms. The Hall–Kier alpha value is -1.57. The Morgan fingerprint density at radius 1 is 1.50 bits per heavy atom. The van der Waals surface area contributed by atoms with E-state index in [1.807, 2.05) is 0 Å². The Morgan fingerprint density at radius 3 is 2.56 bits per heavy atom. The lowest BCUT2D eigenvalue weighted by atomic mass is 10.3. The molecule has 0 aliphatic carbocycles. The number of nitrogens with zero attached hydrogens (tertiary/aromatic N) is 1. The second-order valence-corrected chi connectivity index (χ2v) is 5.23. The number of H-pyrrole nitrogens is 1. The molecule has 3 N–H and O–H groups in total. The molecule has 0 aromatic carbocycles. The summed E-state index contributed by atoms with van der Waals surface area (Å²) in [6, 6.07) is 0. The van der Waals surface area contributed by atoms with Crippen LogP contribution in [0.25, 0.3) is 0 Å². The predicted molar refractivity (Wildman–Crippen MR) is 57.7 cm³/mol. The molecule has 0 saturated carbocycles. The maximum Gasteiger partial charge on any atom is 0.304 e. The number of nitrogens with one attached hydrogen (secondary N) is 2. The summed E-state index contributed by atoms with van der Waals surface area (Å²) in [6.07, 6.45) is -0.433. The number of carboxylic acids is 1. The van der Waals surface area contributed by atoms with Crippen LogP contribution in [0.5, 0.6) is 0 Å². The minimum Gasteiger partial charge on any atom is -0.481 e. The number of aromatic amines is 1. The van der Waals surface area contributed by atoms with Gasteiger partial charge in [0.1, 0.15) is 0 Å². The fourth-order valence-electron chi connectivity index (χ4n) is 1.00. The van der Waals surface area contributed by atoms with Gasteiger partial charge in [-0.2, -0.15) is 5.10 Å². The van der Waals surface area contributed by atoms with E-state index in [2.05, 4.69) is 14.9 Å². The number of sulfonamides is 1. The van der Waals surface area contributed by atoms with E-state index in [-0.39, 0.29) is 5.82 Å². The average Bonchev–Trinajstić information content (AvgIpc) is 2.46. The van der Waals surface area contributed by atoms with Crippen LogP contribution in [0.4, 0.5) is 5.82 Å². The molecule has 0 saturated heterocycles. The lowest BCUT2D eigenvalue weighted by molar-refractivity contribution is -0.136. The molecule has 7 nitrogen and oxygen atoms in total. The van der Waals surface area contributed by atoms with Crippen LogP contribution >= 0.6 is 0 Å². The molecular weight excluding hydrogens is 234 g/mol. The zero-order chi connectivity index (χ0) is 12.3. The van der Waals surface area contributed by atoms with E-state index < -0.39 is 28.2 Å². The molecule has 8 heteroatoms. The molecule has 0 unspecified atom stereocenters. The van der Waals surface area contributed by atoms with Crippen molar-refractivity contribution in [2.24, 2.45) is 0 Å². The molecule has 0 atom stereocenters. The van der Waals surface area contributed by atoms with Crippen molar-refractivity contribution in [3.05, 3.63) is 11.3 Å². The van der Waals surface area contributed by atoms with Gasteiger partial charge in [-0.3, -0.25) is 14.6 Å². The first-order valence-corrected chi connectivity index (χ1v) is 6.21. The van der Waals surface area contributed by atoms with Gasteiger partial charge in [-0.15, -0.1) is 0 Å². The van der Waals surface area contributed by atoms with Gasteiger partial charge in [-0.25, -0.2) is 8.42 Å². The summed E-state index contributed by atoms with van der Waals surface area (Å²) in [5, 5.41) is 14.8. The third-order valence-electron chi connectivity index (χ3n) is 2.09. The summed E-state index contributed by atoms with van der Waals surface area (Å²) < 4.78 is 25.1. The molecule has 1 aromatic heterocycles. The standard InChI is InChI=1S/C8H13N3O4S/c1-5-6(2)9-10-8(5)11-16(14,15)4-3-7(12)13/h3-4H2,1-2H3,(H,12,13)(H2,9,10,11). The van der Waals surface area contributed by atoms with E-state index in [1.165, 1.54) is 0 Å². The molecule has 1 heterocycles. The van der Waals surface area contributed by atoms with Gasteiger partial charge in [-0.1, -0.05) is 0 Å². The van der Waals surface area contributed by atoms with Crippen LogP contribution in [0.15, 0.2) is 0 Å². The van der Waals surface area contributed by atoms with Crippen molar-refractivity contribution in [2.75, 3.05) is 10.5 Å². The largest absolute Gasteiger partial charge is 0.481 e. The van der Waals surface area contributed by atoms with Crippen LogP contribution in [-0.2, 0) is 14.8 Å². The molecule has 0 radical (unpaired) electrons. The molecular formula is C8H13N3O4S. The Balaban J connectivity index is 2.73. The number of aliphatic carboxylic acids is 1. The summed E-state index contributed by atoms with van der Waals surface area (Å²) in [4.78, 5) is 10.3. The minimum atomic E-state index is -3.65. The fraction of sp³-hybridized carbons (Fsp3) is 0.500. The van der Waals surface area contributed by atoms with Gasteiger partial charge < -0.3 is 5.11 Å². The monoisotopic (exact) mass is 247 g/mol. The second kappa shape index (κ2) is 4.52. The number of hydrogen-bond acceptors (Lipinski definition) is 4. The molecule has 90 valence electrons. The topological polar surface area (TPSA) is 112 Å². The zero-order valence-corrected chi connectivity index (χ0v) is 9.76. The summed E-state index contributed by atoms with van der Waals surface area (Å²) >= 11 is 0. The van der Waals surface area contributed by atoms with E-state index in [4.69, 9.17) is 5.11 Å². The molecule has 0 fully saturated rings. The van der Waals surface area contributed by atoms with Gasteiger partial charge in [0, 0.05) is 11.3 Å². The van der Waals surface area contributed by atoms with Crippen molar-refractivity contribution in [3.8, 4) is 0 Å². The summed E-state index contributed by atoms with van der Waals surface area (Å²) in [7, 11) is -3.65. The number of hydrogen-bond donors (Lipinski definition) is 3. The van der Waals surface area contributed by atoms with Gasteiger partial charge in [0.15, 0.2) is 5.82 Å². The molecule has 1 aromatic rings. The Morgan fingerprint density at radius 2 is 2.12 bits per heavy atom. The number of anilines is 1. The van der Waals surface area contributed by atoms with Crippen molar-refractivity contribution in [1.82, 2.24) is 10.2 Å². The first-order chi connectivity index (χ1) is 7.32. The molecule has 0 aliphatic rings. The maximum atomic E-state index is 11.4. The third kappa shape index (κ3) is 3.23. The summed E-state index contributed by atoms with van der Waals surface area (Å²) in [5.74, 6) is -1.41. The van der Waals surface area contributed by atoms with E-state index in [0.717, 1.165) is 5.69 Å². The van der Waals surface area contributed by atoms with E-state index in [0.29, 0.717) is 5.56 Å². The highest BCUT2D eigenvalue weighted by Crippen LogP contribution is 2.15. The number of carbonyl (C=O) groups is 1. The SMILES string of the molecule is Cc1[nH]nc(NS(=O)(=O)CCC(=O)O)c1C. The molecule has 0 amide bonds. The third-order valence-corrected chi connectivity index (χ3v) is 3.34. The van der Waals surface area contributed by atoms with Crippen LogP contribution < -0.4 is 4.72 Å². The van der Waals surface area contributed by atoms with Gasteiger partial charge in [0.25, 0.3) is 0 Å². The zero-order valence-electron chi connectivity index (χ0n) is 8.94. The van der Waals surface area contributed by atoms with Crippen LogP contribution in [0, 0.1) is 13.8 Å². The maximum absolute atomic E-state index is 11.4. The first-order valence-electron chi connectivity index (χ1n) is 4.55. The highest BCUT2D eigenvalue weighted by molar-refractivity contribution is 7.92. The number of carboxylic acid groups (broad SMARTS) is 1. The van der Waals surface area contributed by atoms with Crippen molar-refractivity contribution in [2.45, 2.75) is 20.3 Å². The predicted octanol–water partition coefficient (Wildman–Crippen LogP) is 0.243. The van der Waals surface area contributed by atoms with E-state index in [9.17, 15) is 13.2 Å². The van der Waals surface area contributed by atoms with Crippen LogP contribution in [0.3, 0.4) is 0 Å².